The van der Waals surface area contributed by atoms with E-state index >= 15 is 0 Å². The molecule has 0 amide bonds. The maximum absolute atomic E-state index is 14.5. The zero-order valence-electron chi connectivity index (χ0n) is 13.9. The van der Waals surface area contributed by atoms with Gasteiger partial charge in [0, 0.05) is 21.4 Å². The normalized spacial score (nSPS) is 11.5. The van der Waals surface area contributed by atoms with Gasteiger partial charge in [0.05, 0.1) is 5.30 Å². The fourth-order valence-electron chi connectivity index (χ4n) is 3.33. The Hall–Kier alpha value is -3.03. The second kappa shape index (κ2) is 6.36. The van der Waals surface area contributed by atoms with E-state index in [2.05, 4.69) is 0 Å². The van der Waals surface area contributed by atoms with E-state index in [4.69, 9.17) is 0 Å². The van der Waals surface area contributed by atoms with Crippen LogP contribution < -0.4 is 15.9 Å². The number of fused-ring (bicyclic) bond motifs is 1. The second-order valence-corrected chi connectivity index (χ2v) is 8.78. The fraction of sp³-hybridized carbons (Fsp3) is 0. The number of phenolic OH excluding ortho intramolecular Hbond substituents is 2. The van der Waals surface area contributed by atoms with Crippen molar-refractivity contribution in [1.82, 2.24) is 0 Å². The maximum atomic E-state index is 14.5. The molecule has 0 saturated carbocycles. The van der Waals surface area contributed by atoms with E-state index in [-0.39, 0.29) is 11.5 Å². The van der Waals surface area contributed by atoms with Gasteiger partial charge in [0.1, 0.15) is 11.5 Å². The molecule has 0 aromatic heterocycles. The van der Waals surface area contributed by atoms with Gasteiger partial charge in [-0.05, 0) is 18.2 Å². The van der Waals surface area contributed by atoms with Gasteiger partial charge in [0.15, 0.2) is 7.14 Å². The minimum absolute atomic E-state index is 0.0425. The third-order valence-corrected chi connectivity index (χ3v) is 7.69. The first kappa shape index (κ1) is 16.4. The highest BCUT2D eigenvalue weighted by Gasteiger charge is 2.34. The number of hydrogen-bond donors (Lipinski definition) is 2. The van der Waals surface area contributed by atoms with Crippen molar-refractivity contribution >= 4 is 33.8 Å². The summed E-state index contributed by atoms with van der Waals surface area (Å²) in [5.41, 5.74) is 0. The standard InChI is InChI=1S/C22H17O3P/c23-20-13-7-12-19-18(20)14-15-21(24)22(19)26(25,16-8-3-1-4-9-16)17-10-5-2-6-11-17/h1-15,23-24H. The monoisotopic (exact) mass is 360 g/mol. The van der Waals surface area contributed by atoms with E-state index in [0.29, 0.717) is 26.7 Å². The smallest absolute Gasteiger partial charge is 0.175 e. The van der Waals surface area contributed by atoms with Gasteiger partial charge >= 0.3 is 0 Å². The van der Waals surface area contributed by atoms with E-state index in [0.717, 1.165) is 0 Å². The van der Waals surface area contributed by atoms with Crippen molar-refractivity contribution in [1.29, 1.82) is 0 Å². The molecule has 0 unspecified atom stereocenters. The molecule has 0 aliphatic rings. The lowest BCUT2D eigenvalue weighted by Crippen LogP contribution is -2.25. The summed E-state index contributed by atoms with van der Waals surface area (Å²) >= 11 is 0. The molecular weight excluding hydrogens is 343 g/mol. The highest BCUT2D eigenvalue weighted by atomic mass is 31.2. The largest absolute Gasteiger partial charge is 0.507 e. The van der Waals surface area contributed by atoms with Gasteiger partial charge in [-0.15, -0.1) is 0 Å². The van der Waals surface area contributed by atoms with Gasteiger partial charge in [-0.1, -0.05) is 72.8 Å². The van der Waals surface area contributed by atoms with Crippen LogP contribution in [0.25, 0.3) is 10.8 Å². The number of aromatic hydroxyl groups is 2. The molecule has 128 valence electrons. The van der Waals surface area contributed by atoms with Crippen LogP contribution in [0.3, 0.4) is 0 Å². The maximum Gasteiger partial charge on any atom is 0.175 e. The molecular formula is C22H17O3P. The molecule has 0 spiro atoms. The molecule has 4 rings (SSSR count). The SMILES string of the molecule is O=P(c1ccccc1)(c1ccccc1)c1c(O)ccc2c(O)cccc12. The lowest BCUT2D eigenvalue weighted by atomic mass is 10.1. The Balaban J connectivity index is 2.16. The summed E-state index contributed by atoms with van der Waals surface area (Å²) in [5, 5.41) is 23.7. The minimum atomic E-state index is -3.34. The Bertz CT molecular complexity index is 1080. The van der Waals surface area contributed by atoms with Crippen molar-refractivity contribution in [2.24, 2.45) is 0 Å². The van der Waals surface area contributed by atoms with Crippen molar-refractivity contribution in [3.63, 3.8) is 0 Å². The summed E-state index contributed by atoms with van der Waals surface area (Å²) in [7, 11) is -3.34. The first-order valence-corrected chi connectivity index (χ1v) is 9.98. The third-order valence-electron chi connectivity index (χ3n) is 4.54. The summed E-state index contributed by atoms with van der Waals surface area (Å²) in [6.45, 7) is 0. The van der Waals surface area contributed by atoms with E-state index in [1.165, 1.54) is 6.07 Å². The van der Waals surface area contributed by atoms with Crippen LogP contribution in [0, 0.1) is 0 Å². The number of phenols is 2. The van der Waals surface area contributed by atoms with Crippen molar-refractivity contribution in [2.75, 3.05) is 0 Å². The minimum Gasteiger partial charge on any atom is -0.507 e. The van der Waals surface area contributed by atoms with Crippen molar-refractivity contribution in [3.05, 3.63) is 91.0 Å². The summed E-state index contributed by atoms with van der Waals surface area (Å²) < 4.78 is 14.5. The topological polar surface area (TPSA) is 57.5 Å². The lowest BCUT2D eigenvalue weighted by molar-refractivity contribution is 0.478. The summed E-state index contributed by atoms with van der Waals surface area (Å²) in [4.78, 5) is 0. The van der Waals surface area contributed by atoms with E-state index in [9.17, 15) is 14.8 Å². The molecule has 2 N–H and O–H groups in total. The molecule has 0 aliphatic carbocycles. The predicted molar refractivity (Wildman–Crippen MR) is 107 cm³/mol. The molecule has 0 fully saturated rings. The molecule has 0 atom stereocenters. The van der Waals surface area contributed by atoms with Crippen LogP contribution in [0.5, 0.6) is 11.5 Å². The fourth-order valence-corrected chi connectivity index (χ4v) is 6.26. The highest BCUT2D eigenvalue weighted by Crippen LogP contribution is 2.47. The molecule has 4 heteroatoms. The van der Waals surface area contributed by atoms with Crippen LogP contribution in [0.1, 0.15) is 0 Å². The van der Waals surface area contributed by atoms with Crippen molar-refractivity contribution in [3.8, 4) is 11.5 Å². The Morgan fingerprint density at radius 1 is 0.538 bits per heavy atom. The molecule has 0 saturated heterocycles. The first-order chi connectivity index (χ1) is 12.6. The average molecular weight is 360 g/mol. The zero-order chi connectivity index (χ0) is 18.1. The van der Waals surface area contributed by atoms with Gasteiger partial charge in [-0.3, -0.25) is 0 Å². The van der Waals surface area contributed by atoms with E-state index in [1.807, 2.05) is 60.7 Å². The van der Waals surface area contributed by atoms with Crippen LogP contribution in [-0.2, 0) is 4.57 Å². The van der Waals surface area contributed by atoms with Crippen molar-refractivity contribution in [2.45, 2.75) is 0 Å². The molecule has 0 bridgehead atoms. The lowest BCUT2D eigenvalue weighted by Gasteiger charge is -2.22. The second-order valence-electron chi connectivity index (χ2n) is 6.09. The van der Waals surface area contributed by atoms with Gasteiger partial charge in [0.25, 0.3) is 0 Å². The summed E-state index contributed by atoms with van der Waals surface area (Å²) in [6.07, 6.45) is 0. The molecule has 0 radical (unpaired) electrons. The van der Waals surface area contributed by atoms with Gasteiger partial charge in [-0.25, -0.2) is 0 Å². The Morgan fingerprint density at radius 2 is 1.12 bits per heavy atom. The van der Waals surface area contributed by atoms with E-state index in [1.54, 1.807) is 24.3 Å². The molecule has 4 aromatic rings. The van der Waals surface area contributed by atoms with Crippen LogP contribution >= 0.6 is 7.14 Å². The first-order valence-electron chi connectivity index (χ1n) is 8.28. The van der Waals surface area contributed by atoms with Gasteiger partial charge in [0.2, 0.25) is 0 Å². The highest BCUT2D eigenvalue weighted by molar-refractivity contribution is 7.85. The molecule has 3 nitrogen and oxygen atoms in total. The predicted octanol–water partition coefficient (Wildman–Crippen LogP) is 3.89. The van der Waals surface area contributed by atoms with Crippen LogP contribution in [0.4, 0.5) is 0 Å². The van der Waals surface area contributed by atoms with Crippen molar-refractivity contribution < 1.29 is 14.8 Å². The van der Waals surface area contributed by atoms with Crippen LogP contribution in [-0.4, -0.2) is 10.2 Å². The van der Waals surface area contributed by atoms with E-state index < -0.39 is 7.14 Å². The third kappa shape index (κ3) is 2.49. The molecule has 26 heavy (non-hydrogen) atoms. The summed E-state index contributed by atoms with van der Waals surface area (Å²) in [5.74, 6) is 0.0514. The summed E-state index contributed by atoms with van der Waals surface area (Å²) in [6, 6.07) is 26.5. The van der Waals surface area contributed by atoms with Gasteiger partial charge in [-0.2, -0.15) is 0 Å². The van der Waals surface area contributed by atoms with Crippen LogP contribution in [0.15, 0.2) is 91.0 Å². The molecule has 0 aliphatic heterocycles. The molecule has 4 aromatic carbocycles. The average Bonchev–Trinajstić information content (AvgIpc) is 2.69. The van der Waals surface area contributed by atoms with Crippen LogP contribution in [0.2, 0.25) is 0 Å². The molecule has 0 heterocycles. The Kier molecular flexibility index (Phi) is 4.02. The quantitative estimate of drug-likeness (QED) is 0.545. The number of rotatable bonds is 3. The number of benzene rings is 4. The Morgan fingerprint density at radius 3 is 1.69 bits per heavy atom. The number of hydrogen-bond acceptors (Lipinski definition) is 3. The Labute approximate surface area is 151 Å². The van der Waals surface area contributed by atoms with Gasteiger partial charge < -0.3 is 14.8 Å². The zero-order valence-corrected chi connectivity index (χ0v) is 14.8.